The zero-order valence-corrected chi connectivity index (χ0v) is 12.3. The number of nitrogens with one attached hydrogen (secondary N) is 1. The number of hydrogen-bond donors (Lipinski definition) is 1. The van der Waals surface area contributed by atoms with Crippen LogP contribution in [0.4, 0.5) is 0 Å². The van der Waals surface area contributed by atoms with Gasteiger partial charge in [0.05, 0.1) is 0 Å². The van der Waals surface area contributed by atoms with E-state index in [-0.39, 0.29) is 0 Å². The highest BCUT2D eigenvalue weighted by Gasteiger charge is 2.18. The van der Waals surface area contributed by atoms with Crippen LogP contribution in [0, 0.1) is 0 Å². The Hall–Kier alpha value is -0.900. The predicted octanol–water partition coefficient (Wildman–Crippen LogP) is 1.80. The minimum atomic E-state index is 0.672. The highest BCUT2D eigenvalue weighted by molar-refractivity contribution is 5.14. The van der Waals surface area contributed by atoms with Gasteiger partial charge in [0.15, 0.2) is 0 Å². The van der Waals surface area contributed by atoms with Crippen molar-refractivity contribution in [3.8, 4) is 0 Å². The fraction of sp³-hybridized carbons (Fsp3) is 0.625. The molecule has 2 rings (SSSR count). The molecule has 1 aromatic rings. The van der Waals surface area contributed by atoms with Gasteiger partial charge in [-0.1, -0.05) is 30.3 Å². The van der Waals surface area contributed by atoms with E-state index in [4.69, 9.17) is 0 Å². The normalized spacial score (nSPS) is 22.3. The van der Waals surface area contributed by atoms with E-state index in [9.17, 15) is 0 Å². The molecule has 1 fully saturated rings. The smallest absolute Gasteiger partial charge is 0.0206 e. The lowest BCUT2D eigenvalue weighted by Crippen LogP contribution is -2.41. The van der Waals surface area contributed by atoms with Crippen molar-refractivity contribution in [3.05, 3.63) is 35.9 Å². The molecule has 1 aromatic carbocycles. The molecule has 1 heterocycles. The SMILES string of the molecule is CC1CN(C)CCCN1CCNCc1ccccc1. The molecule has 3 nitrogen and oxygen atoms in total. The first-order valence-corrected chi connectivity index (χ1v) is 7.43. The first kappa shape index (κ1) is 14.5. The van der Waals surface area contributed by atoms with Crippen molar-refractivity contribution >= 4 is 0 Å². The zero-order chi connectivity index (χ0) is 13.5. The Balaban J connectivity index is 1.67. The average Bonchev–Trinajstić information content (AvgIpc) is 2.57. The molecular weight excluding hydrogens is 234 g/mol. The standard InChI is InChI=1S/C16H27N3/c1-15-14-18(2)10-6-11-19(15)12-9-17-13-16-7-4-3-5-8-16/h3-5,7-8,15,17H,6,9-14H2,1-2H3. The minimum Gasteiger partial charge on any atom is -0.311 e. The Kier molecular flexibility index (Phi) is 5.83. The second-order valence-corrected chi connectivity index (χ2v) is 5.66. The molecule has 0 aliphatic carbocycles. The van der Waals surface area contributed by atoms with Gasteiger partial charge in [-0.2, -0.15) is 0 Å². The summed E-state index contributed by atoms with van der Waals surface area (Å²) in [5, 5.41) is 3.55. The summed E-state index contributed by atoms with van der Waals surface area (Å²) < 4.78 is 0. The highest BCUT2D eigenvalue weighted by atomic mass is 15.2. The average molecular weight is 261 g/mol. The van der Waals surface area contributed by atoms with Crippen LogP contribution < -0.4 is 5.32 Å². The molecule has 1 N–H and O–H groups in total. The monoisotopic (exact) mass is 261 g/mol. The van der Waals surface area contributed by atoms with Crippen molar-refractivity contribution in [2.75, 3.05) is 39.8 Å². The lowest BCUT2D eigenvalue weighted by atomic mass is 10.2. The van der Waals surface area contributed by atoms with Crippen LogP contribution in [0.3, 0.4) is 0 Å². The lowest BCUT2D eigenvalue weighted by molar-refractivity contribution is 0.202. The third-order valence-corrected chi connectivity index (χ3v) is 3.93. The van der Waals surface area contributed by atoms with Gasteiger partial charge in [-0.15, -0.1) is 0 Å². The van der Waals surface area contributed by atoms with Gasteiger partial charge in [-0.05, 0) is 39.0 Å². The molecule has 1 saturated heterocycles. The van der Waals surface area contributed by atoms with Crippen LogP contribution in [-0.2, 0) is 6.54 Å². The second-order valence-electron chi connectivity index (χ2n) is 5.66. The van der Waals surface area contributed by atoms with Gasteiger partial charge in [-0.25, -0.2) is 0 Å². The molecular formula is C16H27N3. The Morgan fingerprint density at radius 1 is 1.21 bits per heavy atom. The van der Waals surface area contributed by atoms with Crippen molar-refractivity contribution in [2.45, 2.75) is 25.9 Å². The number of rotatable bonds is 5. The van der Waals surface area contributed by atoms with Gasteiger partial charge in [0.25, 0.3) is 0 Å². The van der Waals surface area contributed by atoms with Gasteiger partial charge in [-0.3, -0.25) is 4.90 Å². The van der Waals surface area contributed by atoms with Gasteiger partial charge in [0.2, 0.25) is 0 Å². The van der Waals surface area contributed by atoms with E-state index >= 15 is 0 Å². The predicted molar refractivity (Wildman–Crippen MR) is 81.3 cm³/mol. The van der Waals surface area contributed by atoms with Gasteiger partial charge in [0.1, 0.15) is 0 Å². The zero-order valence-electron chi connectivity index (χ0n) is 12.3. The second kappa shape index (κ2) is 7.63. The Morgan fingerprint density at radius 2 is 2.00 bits per heavy atom. The lowest BCUT2D eigenvalue weighted by Gasteiger charge is -2.27. The molecule has 106 valence electrons. The summed E-state index contributed by atoms with van der Waals surface area (Å²) in [5.74, 6) is 0. The maximum atomic E-state index is 3.55. The summed E-state index contributed by atoms with van der Waals surface area (Å²) in [6.07, 6.45) is 1.29. The molecule has 1 aliphatic heterocycles. The number of hydrogen-bond acceptors (Lipinski definition) is 3. The van der Waals surface area contributed by atoms with Crippen LogP contribution in [0.5, 0.6) is 0 Å². The molecule has 0 bridgehead atoms. The van der Waals surface area contributed by atoms with Gasteiger partial charge >= 0.3 is 0 Å². The van der Waals surface area contributed by atoms with Gasteiger partial charge in [0, 0.05) is 32.2 Å². The summed E-state index contributed by atoms with van der Waals surface area (Å²) in [4.78, 5) is 5.06. The highest BCUT2D eigenvalue weighted by Crippen LogP contribution is 2.07. The molecule has 0 saturated carbocycles. The Morgan fingerprint density at radius 3 is 2.79 bits per heavy atom. The Labute approximate surface area is 117 Å². The van der Waals surface area contributed by atoms with E-state index in [0.717, 1.165) is 19.6 Å². The van der Waals surface area contributed by atoms with E-state index in [0.29, 0.717) is 6.04 Å². The van der Waals surface area contributed by atoms with Crippen molar-refractivity contribution < 1.29 is 0 Å². The first-order chi connectivity index (χ1) is 9.25. The summed E-state index contributed by atoms with van der Waals surface area (Å²) in [6.45, 7) is 9.21. The maximum absolute atomic E-state index is 3.55. The molecule has 3 heteroatoms. The molecule has 0 aromatic heterocycles. The van der Waals surface area contributed by atoms with Crippen molar-refractivity contribution in [2.24, 2.45) is 0 Å². The van der Waals surface area contributed by atoms with Crippen LogP contribution >= 0.6 is 0 Å². The fourth-order valence-corrected chi connectivity index (χ4v) is 2.81. The fourth-order valence-electron chi connectivity index (χ4n) is 2.81. The molecule has 0 amide bonds. The molecule has 1 unspecified atom stereocenters. The molecule has 1 aliphatic rings. The summed E-state index contributed by atoms with van der Waals surface area (Å²) in [7, 11) is 2.23. The van der Waals surface area contributed by atoms with Crippen LogP contribution in [0.25, 0.3) is 0 Å². The van der Waals surface area contributed by atoms with Crippen molar-refractivity contribution in [1.82, 2.24) is 15.1 Å². The molecule has 0 spiro atoms. The number of nitrogens with zero attached hydrogens (tertiary/aromatic N) is 2. The minimum absolute atomic E-state index is 0.672. The third-order valence-electron chi connectivity index (χ3n) is 3.93. The largest absolute Gasteiger partial charge is 0.311 e. The van der Waals surface area contributed by atoms with Crippen LogP contribution in [0.1, 0.15) is 18.9 Å². The topological polar surface area (TPSA) is 18.5 Å². The number of likely N-dealkylation sites (N-methyl/N-ethyl adjacent to an activating group) is 1. The van der Waals surface area contributed by atoms with Crippen molar-refractivity contribution in [1.29, 1.82) is 0 Å². The van der Waals surface area contributed by atoms with E-state index in [2.05, 4.69) is 59.4 Å². The van der Waals surface area contributed by atoms with E-state index in [1.165, 1.54) is 31.6 Å². The van der Waals surface area contributed by atoms with Crippen LogP contribution in [0.2, 0.25) is 0 Å². The van der Waals surface area contributed by atoms with Crippen molar-refractivity contribution in [3.63, 3.8) is 0 Å². The molecule has 19 heavy (non-hydrogen) atoms. The van der Waals surface area contributed by atoms with Crippen LogP contribution in [0.15, 0.2) is 30.3 Å². The summed E-state index contributed by atoms with van der Waals surface area (Å²) in [5.41, 5.74) is 1.37. The number of benzene rings is 1. The van der Waals surface area contributed by atoms with E-state index in [1.807, 2.05) is 0 Å². The van der Waals surface area contributed by atoms with E-state index in [1.54, 1.807) is 0 Å². The maximum Gasteiger partial charge on any atom is 0.0206 e. The van der Waals surface area contributed by atoms with Crippen LogP contribution in [-0.4, -0.2) is 55.6 Å². The quantitative estimate of drug-likeness (QED) is 0.816. The Bertz CT molecular complexity index is 352. The van der Waals surface area contributed by atoms with E-state index < -0.39 is 0 Å². The molecule has 0 radical (unpaired) electrons. The molecule has 1 atom stereocenters. The summed E-state index contributed by atoms with van der Waals surface area (Å²) in [6, 6.07) is 11.3. The first-order valence-electron chi connectivity index (χ1n) is 7.43. The summed E-state index contributed by atoms with van der Waals surface area (Å²) >= 11 is 0. The third kappa shape index (κ3) is 4.94. The van der Waals surface area contributed by atoms with Gasteiger partial charge < -0.3 is 10.2 Å².